The fourth-order valence-electron chi connectivity index (χ4n) is 3.73. The van der Waals surface area contributed by atoms with Gasteiger partial charge in [-0.05, 0) is 25.3 Å². The Morgan fingerprint density at radius 3 is 3.00 bits per heavy atom. The summed E-state index contributed by atoms with van der Waals surface area (Å²) in [6, 6.07) is 7.92. The Labute approximate surface area is 174 Å². The summed E-state index contributed by atoms with van der Waals surface area (Å²) in [5.74, 6) is 2.03. The molecule has 7 nitrogen and oxygen atoms in total. The van der Waals surface area contributed by atoms with Crippen LogP contribution >= 0.6 is 11.8 Å². The van der Waals surface area contributed by atoms with Crippen LogP contribution in [0.1, 0.15) is 35.2 Å². The maximum absolute atomic E-state index is 12.7. The SMILES string of the molecule is Cc1cccc(CC(=O)Nc2c3c(nn2CC(=O)NC[C@H]2CCCO2)CSC3)c1. The average molecular weight is 415 g/mol. The standard InChI is InChI=1S/C21H26N4O3S/c1-14-4-2-5-15(8-14)9-19(26)23-21-17-12-29-13-18(17)24-25(21)11-20(27)22-10-16-6-3-7-28-16/h2,4-5,8,16H,3,6-7,9-13H2,1H3,(H,22,27)(H,23,26)/t16-/m1/s1. The highest BCUT2D eigenvalue weighted by molar-refractivity contribution is 7.98. The summed E-state index contributed by atoms with van der Waals surface area (Å²) >= 11 is 1.77. The molecule has 0 radical (unpaired) electrons. The summed E-state index contributed by atoms with van der Waals surface area (Å²) in [6.07, 6.45) is 2.42. The van der Waals surface area contributed by atoms with Crippen molar-refractivity contribution in [1.82, 2.24) is 15.1 Å². The van der Waals surface area contributed by atoms with Crippen LogP contribution in [0.25, 0.3) is 0 Å². The first-order chi connectivity index (χ1) is 14.1. The highest BCUT2D eigenvalue weighted by atomic mass is 32.2. The lowest BCUT2D eigenvalue weighted by atomic mass is 10.1. The number of hydrogen-bond acceptors (Lipinski definition) is 5. The van der Waals surface area contributed by atoms with Crippen LogP contribution in [0.2, 0.25) is 0 Å². The zero-order valence-corrected chi connectivity index (χ0v) is 17.4. The van der Waals surface area contributed by atoms with Crippen LogP contribution in [0.15, 0.2) is 24.3 Å². The quantitative estimate of drug-likeness (QED) is 0.727. The fourth-order valence-corrected chi connectivity index (χ4v) is 4.76. The maximum Gasteiger partial charge on any atom is 0.241 e. The molecule has 0 spiro atoms. The zero-order chi connectivity index (χ0) is 20.2. The molecule has 0 bridgehead atoms. The molecule has 2 amide bonds. The van der Waals surface area contributed by atoms with E-state index < -0.39 is 0 Å². The lowest BCUT2D eigenvalue weighted by molar-refractivity contribution is -0.122. The van der Waals surface area contributed by atoms with Crippen LogP contribution < -0.4 is 10.6 Å². The molecule has 1 aromatic carbocycles. The molecule has 1 atom stereocenters. The average Bonchev–Trinajstić information content (AvgIpc) is 3.40. The molecule has 0 unspecified atom stereocenters. The Morgan fingerprint density at radius 2 is 2.21 bits per heavy atom. The highest BCUT2D eigenvalue weighted by Crippen LogP contribution is 2.34. The molecule has 1 aromatic heterocycles. The number of benzene rings is 1. The minimum absolute atomic E-state index is 0.0877. The molecule has 4 rings (SSSR count). The second-order valence-corrected chi connectivity index (χ2v) is 8.56. The lowest BCUT2D eigenvalue weighted by Gasteiger charge is -2.13. The Bertz CT molecular complexity index is 905. The minimum atomic E-state index is -0.122. The fraction of sp³-hybridized carbons (Fsp3) is 0.476. The van der Waals surface area contributed by atoms with Crippen molar-refractivity contribution in [1.29, 1.82) is 0 Å². The van der Waals surface area contributed by atoms with Crippen molar-refractivity contribution in [2.75, 3.05) is 18.5 Å². The van der Waals surface area contributed by atoms with E-state index in [0.29, 0.717) is 18.8 Å². The Hall–Kier alpha value is -2.32. The third-order valence-electron chi connectivity index (χ3n) is 5.17. The molecule has 2 aliphatic rings. The first kappa shape index (κ1) is 20.0. The number of carbonyl (C=O) groups is 2. The van der Waals surface area contributed by atoms with Crippen LogP contribution in [-0.4, -0.2) is 40.9 Å². The predicted octanol–water partition coefficient (Wildman–Crippen LogP) is 2.41. The van der Waals surface area contributed by atoms with E-state index in [1.54, 1.807) is 16.4 Å². The van der Waals surface area contributed by atoms with Crippen molar-refractivity contribution >= 4 is 29.4 Å². The number of hydrogen-bond donors (Lipinski definition) is 2. The number of rotatable bonds is 7. The van der Waals surface area contributed by atoms with Gasteiger partial charge in [0.2, 0.25) is 11.8 Å². The van der Waals surface area contributed by atoms with E-state index in [2.05, 4.69) is 15.7 Å². The molecule has 0 aliphatic carbocycles. The number of ether oxygens (including phenoxy) is 1. The van der Waals surface area contributed by atoms with Gasteiger partial charge in [0.1, 0.15) is 12.4 Å². The second-order valence-electron chi connectivity index (χ2n) is 7.58. The molecule has 154 valence electrons. The van der Waals surface area contributed by atoms with Crippen molar-refractivity contribution in [2.45, 2.75) is 50.3 Å². The maximum atomic E-state index is 12.7. The third-order valence-corrected chi connectivity index (χ3v) is 6.14. The largest absolute Gasteiger partial charge is 0.376 e. The molecule has 1 saturated heterocycles. The molecule has 8 heteroatoms. The third kappa shape index (κ3) is 5.00. The van der Waals surface area contributed by atoms with E-state index in [0.717, 1.165) is 53.3 Å². The summed E-state index contributed by atoms with van der Waals surface area (Å²) in [4.78, 5) is 25.1. The molecule has 3 heterocycles. The molecule has 29 heavy (non-hydrogen) atoms. The number of anilines is 1. The Balaban J connectivity index is 1.41. The number of aryl methyl sites for hydroxylation is 1. The van der Waals surface area contributed by atoms with Crippen molar-refractivity contribution in [3.8, 4) is 0 Å². The molecule has 2 N–H and O–H groups in total. The van der Waals surface area contributed by atoms with Gasteiger partial charge in [0.15, 0.2) is 0 Å². The molecule has 0 saturated carbocycles. The van der Waals surface area contributed by atoms with Gasteiger partial charge in [0.25, 0.3) is 0 Å². The van der Waals surface area contributed by atoms with E-state index in [-0.39, 0.29) is 24.5 Å². The lowest BCUT2D eigenvalue weighted by Crippen LogP contribution is -2.34. The van der Waals surface area contributed by atoms with E-state index in [9.17, 15) is 9.59 Å². The van der Waals surface area contributed by atoms with Crippen LogP contribution in [0, 0.1) is 6.92 Å². The zero-order valence-electron chi connectivity index (χ0n) is 16.6. The predicted molar refractivity (Wildman–Crippen MR) is 113 cm³/mol. The highest BCUT2D eigenvalue weighted by Gasteiger charge is 2.25. The van der Waals surface area contributed by atoms with Gasteiger partial charge in [-0.2, -0.15) is 16.9 Å². The van der Waals surface area contributed by atoms with Gasteiger partial charge in [0, 0.05) is 30.2 Å². The monoisotopic (exact) mass is 414 g/mol. The van der Waals surface area contributed by atoms with E-state index >= 15 is 0 Å². The first-order valence-electron chi connectivity index (χ1n) is 9.98. The number of fused-ring (bicyclic) bond motifs is 1. The molecular formula is C21H26N4O3S. The van der Waals surface area contributed by atoms with Crippen molar-refractivity contribution < 1.29 is 14.3 Å². The topological polar surface area (TPSA) is 85.2 Å². The number of carbonyl (C=O) groups excluding carboxylic acids is 2. The van der Waals surface area contributed by atoms with Crippen molar-refractivity contribution in [2.24, 2.45) is 0 Å². The summed E-state index contributed by atoms with van der Waals surface area (Å²) in [7, 11) is 0. The van der Waals surface area contributed by atoms with Crippen LogP contribution in [0.3, 0.4) is 0 Å². The van der Waals surface area contributed by atoms with Crippen LogP contribution in [0.5, 0.6) is 0 Å². The second kappa shape index (κ2) is 9.00. The Kier molecular flexibility index (Phi) is 6.20. The van der Waals surface area contributed by atoms with Crippen molar-refractivity contribution in [3.05, 3.63) is 46.6 Å². The normalized spacial score (nSPS) is 17.9. The number of nitrogens with zero attached hydrogens (tertiary/aromatic N) is 2. The van der Waals surface area contributed by atoms with Gasteiger partial charge >= 0.3 is 0 Å². The van der Waals surface area contributed by atoms with Gasteiger partial charge in [0.05, 0.1) is 18.2 Å². The first-order valence-corrected chi connectivity index (χ1v) is 11.1. The van der Waals surface area contributed by atoms with E-state index in [4.69, 9.17) is 4.74 Å². The van der Waals surface area contributed by atoms with Gasteiger partial charge in [-0.25, -0.2) is 4.68 Å². The number of amides is 2. The number of aromatic nitrogens is 2. The Morgan fingerprint density at radius 1 is 1.31 bits per heavy atom. The molecular weight excluding hydrogens is 388 g/mol. The van der Waals surface area contributed by atoms with E-state index in [1.807, 2.05) is 31.2 Å². The molecule has 2 aromatic rings. The smallest absolute Gasteiger partial charge is 0.241 e. The van der Waals surface area contributed by atoms with Gasteiger partial charge in [-0.3, -0.25) is 9.59 Å². The minimum Gasteiger partial charge on any atom is -0.376 e. The number of nitrogens with one attached hydrogen (secondary N) is 2. The van der Waals surface area contributed by atoms with Gasteiger partial charge in [-0.1, -0.05) is 29.8 Å². The van der Waals surface area contributed by atoms with Crippen LogP contribution in [0.4, 0.5) is 5.82 Å². The van der Waals surface area contributed by atoms with Crippen LogP contribution in [-0.2, 0) is 38.8 Å². The summed E-state index contributed by atoms with van der Waals surface area (Å²) in [6.45, 7) is 3.38. The van der Waals surface area contributed by atoms with E-state index in [1.165, 1.54) is 0 Å². The molecule has 2 aliphatic heterocycles. The molecule has 1 fully saturated rings. The number of thioether (sulfide) groups is 1. The van der Waals surface area contributed by atoms with Gasteiger partial charge in [-0.15, -0.1) is 0 Å². The summed E-state index contributed by atoms with van der Waals surface area (Å²) < 4.78 is 7.18. The summed E-state index contributed by atoms with van der Waals surface area (Å²) in [5.41, 5.74) is 4.07. The van der Waals surface area contributed by atoms with Crippen molar-refractivity contribution in [3.63, 3.8) is 0 Å². The van der Waals surface area contributed by atoms with Gasteiger partial charge < -0.3 is 15.4 Å². The summed E-state index contributed by atoms with van der Waals surface area (Å²) in [5, 5.41) is 10.5.